The minimum Gasteiger partial charge on any atom is -0.480 e. The van der Waals surface area contributed by atoms with E-state index >= 15 is 0 Å². The molecule has 5 aromatic rings. The van der Waals surface area contributed by atoms with Crippen LogP contribution in [0.4, 0.5) is 37.7 Å². The van der Waals surface area contributed by atoms with E-state index in [-0.39, 0.29) is 30.7 Å². The lowest BCUT2D eigenvalue weighted by molar-refractivity contribution is -0.143. The summed E-state index contributed by atoms with van der Waals surface area (Å²) in [5, 5.41) is 14.0. The largest absolute Gasteiger partial charge is 0.480 e. The van der Waals surface area contributed by atoms with Gasteiger partial charge in [-0.05, 0) is 66.8 Å². The molecule has 7 nitrogen and oxygen atoms in total. The van der Waals surface area contributed by atoms with Crippen LogP contribution in [-0.2, 0) is 34.9 Å². The van der Waals surface area contributed by atoms with E-state index in [1.165, 1.54) is 4.90 Å². The van der Waals surface area contributed by atoms with Crippen LogP contribution in [0.2, 0.25) is 0 Å². The van der Waals surface area contributed by atoms with Gasteiger partial charge in [0.15, 0.2) is 6.04 Å². The van der Waals surface area contributed by atoms with Crippen LogP contribution in [0.1, 0.15) is 57.8 Å². The van der Waals surface area contributed by atoms with Crippen LogP contribution < -0.4 is 10.2 Å². The Hall–Kier alpha value is -5.95. The number of carboxylic acid groups (broad SMARTS) is 1. The Morgan fingerprint density at radius 1 is 0.772 bits per heavy atom. The van der Waals surface area contributed by atoms with Crippen molar-refractivity contribution >= 4 is 29.0 Å². The Morgan fingerprint density at radius 3 is 2.05 bits per heavy atom. The van der Waals surface area contributed by atoms with Crippen LogP contribution in [0.3, 0.4) is 0 Å². The van der Waals surface area contributed by atoms with Gasteiger partial charge in [0, 0.05) is 29.9 Å². The lowest BCUT2D eigenvalue weighted by Gasteiger charge is -2.41. The number of carbonyl (C=O) groups is 2. The summed E-state index contributed by atoms with van der Waals surface area (Å²) in [6, 6.07) is 29.7. The van der Waals surface area contributed by atoms with Crippen LogP contribution >= 0.6 is 0 Å². The van der Waals surface area contributed by atoms with Gasteiger partial charge in [0.1, 0.15) is 0 Å². The first-order chi connectivity index (χ1) is 27.3. The second-order valence-electron chi connectivity index (χ2n) is 14.1. The first-order valence-electron chi connectivity index (χ1n) is 18.5. The lowest BCUT2D eigenvalue weighted by Crippen LogP contribution is -2.44. The molecule has 13 heteroatoms. The number of amides is 1. The van der Waals surface area contributed by atoms with Crippen molar-refractivity contribution in [2.45, 2.75) is 56.3 Å². The molecule has 2 N–H and O–H groups in total. The number of benzene rings is 5. The minimum atomic E-state index is -5.12. The molecule has 1 saturated heterocycles. The number of alkyl halides is 6. The number of carbonyl (C=O) groups excluding carboxylic acids is 1. The normalized spacial score (nSPS) is 18.2. The standard InChI is InChI=1S/C44H38F6N4O3/c45-43(46,47)31-24-32(44(48,49)50)26-33(25-31)54-23-21-29-14-7-8-17-34(29)40(54)39(42(56)57)52-38(30-15-5-2-6-16-30)35-18-9-10-19-36(35)51-41(55)37-20-11-22-53(37)27-28-12-3-1-4-13-28/h1-10,12-19,24-26,37,39-40H,11,20-23,27H2,(H,51,55)(H,56,57)/t37-,39-,40-/m0/s1. The smallest absolute Gasteiger partial charge is 0.416 e. The molecule has 3 atom stereocenters. The van der Waals surface area contributed by atoms with Gasteiger partial charge in [-0.15, -0.1) is 0 Å². The number of carboxylic acids is 1. The summed E-state index contributed by atoms with van der Waals surface area (Å²) in [6.07, 6.45) is -8.56. The van der Waals surface area contributed by atoms with Crippen molar-refractivity contribution in [1.82, 2.24) is 4.90 Å². The number of anilines is 2. The second-order valence-corrected chi connectivity index (χ2v) is 14.1. The van der Waals surface area contributed by atoms with Crippen molar-refractivity contribution in [3.63, 3.8) is 0 Å². The number of hydrogen-bond donors (Lipinski definition) is 2. The molecule has 1 amide bonds. The second kappa shape index (κ2) is 16.3. The molecule has 0 aromatic heterocycles. The summed E-state index contributed by atoms with van der Waals surface area (Å²) >= 11 is 0. The Balaban J connectivity index is 1.33. The molecule has 2 aliphatic heterocycles. The fraction of sp³-hybridized carbons (Fsp3) is 0.250. The van der Waals surface area contributed by atoms with Gasteiger partial charge in [-0.3, -0.25) is 14.7 Å². The van der Waals surface area contributed by atoms with Crippen LogP contribution in [0, 0.1) is 0 Å². The van der Waals surface area contributed by atoms with Gasteiger partial charge in [0.05, 0.1) is 34.6 Å². The number of likely N-dealkylation sites (tertiary alicyclic amines) is 1. The first kappa shape index (κ1) is 39.3. The zero-order valence-corrected chi connectivity index (χ0v) is 30.5. The molecule has 0 radical (unpaired) electrons. The molecule has 0 aliphatic carbocycles. The lowest BCUT2D eigenvalue weighted by atomic mass is 9.87. The number of para-hydroxylation sites is 1. The molecule has 0 spiro atoms. The molecule has 0 unspecified atom stereocenters. The predicted octanol–water partition coefficient (Wildman–Crippen LogP) is 9.42. The minimum absolute atomic E-state index is 0.0500. The van der Waals surface area contributed by atoms with Crippen LogP contribution in [0.25, 0.3) is 0 Å². The van der Waals surface area contributed by atoms with Gasteiger partial charge in [-0.2, -0.15) is 26.3 Å². The van der Waals surface area contributed by atoms with E-state index in [2.05, 4.69) is 10.2 Å². The molecule has 2 aliphatic rings. The first-order valence-corrected chi connectivity index (χ1v) is 18.5. The number of fused-ring (bicyclic) bond motifs is 1. The zero-order chi connectivity index (χ0) is 40.3. The molecule has 5 aromatic carbocycles. The van der Waals surface area contributed by atoms with E-state index in [4.69, 9.17) is 4.99 Å². The van der Waals surface area contributed by atoms with Crippen LogP contribution in [0.5, 0.6) is 0 Å². The van der Waals surface area contributed by atoms with Crippen molar-refractivity contribution in [1.29, 1.82) is 0 Å². The van der Waals surface area contributed by atoms with Crippen LogP contribution in [-0.4, -0.2) is 52.8 Å². The average molecular weight is 785 g/mol. The zero-order valence-electron chi connectivity index (χ0n) is 30.5. The Kier molecular flexibility index (Phi) is 11.2. The highest BCUT2D eigenvalue weighted by Crippen LogP contribution is 2.43. The van der Waals surface area contributed by atoms with Gasteiger partial charge >= 0.3 is 18.3 Å². The van der Waals surface area contributed by atoms with Crippen molar-refractivity contribution in [3.05, 3.63) is 166 Å². The summed E-state index contributed by atoms with van der Waals surface area (Å²) in [7, 11) is 0. The molecule has 0 saturated carbocycles. The Labute approximate surface area is 325 Å². The highest BCUT2D eigenvalue weighted by Gasteiger charge is 2.42. The molecule has 0 bridgehead atoms. The number of rotatable bonds is 10. The third-order valence-electron chi connectivity index (χ3n) is 10.4. The van der Waals surface area contributed by atoms with Gasteiger partial charge in [0.2, 0.25) is 5.91 Å². The third-order valence-corrected chi connectivity index (χ3v) is 10.4. The molecule has 57 heavy (non-hydrogen) atoms. The topological polar surface area (TPSA) is 85.2 Å². The average Bonchev–Trinajstić information content (AvgIpc) is 3.66. The molecular formula is C44H38F6N4O3. The van der Waals surface area contributed by atoms with Crippen molar-refractivity contribution in [2.75, 3.05) is 23.3 Å². The fourth-order valence-electron chi connectivity index (χ4n) is 7.77. The van der Waals surface area contributed by atoms with E-state index in [1.807, 2.05) is 30.3 Å². The van der Waals surface area contributed by atoms with Gasteiger partial charge in [0.25, 0.3) is 0 Å². The number of aliphatic carboxylic acids is 1. The van der Waals surface area contributed by atoms with Gasteiger partial charge in [-0.25, -0.2) is 4.79 Å². The number of halogens is 6. The quantitative estimate of drug-likeness (QED) is 0.109. The van der Waals surface area contributed by atoms with Crippen molar-refractivity contribution in [3.8, 4) is 0 Å². The Bertz CT molecular complexity index is 2230. The van der Waals surface area contributed by atoms with Gasteiger partial charge in [-0.1, -0.05) is 103 Å². The van der Waals surface area contributed by atoms with E-state index in [9.17, 15) is 41.0 Å². The van der Waals surface area contributed by atoms with Crippen molar-refractivity contribution in [2.24, 2.45) is 4.99 Å². The molecule has 2 heterocycles. The number of nitrogens with one attached hydrogen (secondary N) is 1. The number of hydrogen-bond acceptors (Lipinski definition) is 5. The number of aliphatic imine (C=N–C) groups is 1. The molecule has 1 fully saturated rings. The summed E-state index contributed by atoms with van der Waals surface area (Å²) in [6.45, 7) is 1.21. The monoisotopic (exact) mass is 784 g/mol. The van der Waals surface area contributed by atoms with Crippen LogP contribution in [0.15, 0.2) is 132 Å². The summed E-state index contributed by atoms with van der Waals surface area (Å²) < 4.78 is 84.5. The highest BCUT2D eigenvalue weighted by atomic mass is 19.4. The SMILES string of the molecule is O=C(O)[C@@H](N=C(c1ccccc1)c1ccccc1NC(=O)[C@@H]1CCCN1Cc1ccccc1)[C@@H]1c2ccccc2CCN1c1cc(C(F)(F)F)cc(C(F)(F)F)c1. The highest BCUT2D eigenvalue weighted by molar-refractivity contribution is 6.17. The summed E-state index contributed by atoms with van der Waals surface area (Å²) in [5.74, 6) is -1.71. The van der Waals surface area contributed by atoms with Gasteiger partial charge < -0.3 is 15.3 Å². The maximum absolute atomic E-state index is 14.1. The third kappa shape index (κ3) is 8.73. The predicted molar refractivity (Wildman–Crippen MR) is 205 cm³/mol. The molecule has 7 rings (SSSR count). The number of nitrogens with zero attached hydrogens (tertiary/aromatic N) is 3. The van der Waals surface area contributed by atoms with E-state index < -0.39 is 53.3 Å². The van der Waals surface area contributed by atoms with E-state index in [0.29, 0.717) is 53.0 Å². The maximum atomic E-state index is 14.1. The van der Waals surface area contributed by atoms with E-state index in [1.54, 1.807) is 78.9 Å². The molecule has 294 valence electrons. The van der Waals surface area contributed by atoms with E-state index in [0.717, 1.165) is 18.5 Å². The molecular weight excluding hydrogens is 746 g/mol. The fourth-order valence-corrected chi connectivity index (χ4v) is 7.77. The summed E-state index contributed by atoms with van der Waals surface area (Å²) in [5.41, 5.74) is 0.0602. The summed E-state index contributed by atoms with van der Waals surface area (Å²) in [4.78, 5) is 35.7. The maximum Gasteiger partial charge on any atom is 0.416 e. The van der Waals surface area contributed by atoms with Crippen molar-refractivity contribution < 1.29 is 41.0 Å². The Morgan fingerprint density at radius 2 is 1.39 bits per heavy atom.